The highest BCUT2D eigenvalue weighted by Crippen LogP contribution is 1.93. The molecule has 0 aliphatic carbocycles. The van der Waals surface area contributed by atoms with Crippen molar-refractivity contribution in [3.8, 4) is 0 Å². The van der Waals surface area contributed by atoms with Crippen molar-refractivity contribution in [1.82, 2.24) is 30.9 Å². The van der Waals surface area contributed by atoms with Gasteiger partial charge in [-0.3, -0.25) is 15.0 Å². The van der Waals surface area contributed by atoms with Crippen LogP contribution in [-0.4, -0.2) is 36.1 Å². The summed E-state index contributed by atoms with van der Waals surface area (Å²) in [4.78, 5) is 12.0. The van der Waals surface area contributed by atoms with Crippen LogP contribution >= 0.6 is 0 Å². The minimum atomic E-state index is 0. The maximum atomic E-state index is 4.11. The van der Waals surface area contributed by atoms with Gasteiger partial charge < -0.3 is 16.0 Å². The fourth-order valence-electron chi connectivity index (χ4n) is 2.10. The Balaban J connectivity index is 0.000000384. The Kier molecular flexibility index (Phi) is 16.0. The van der Waals surface area contributed by atoms with Gasteiger partial charge in [0.05, 0.1) is 5.69 Å². The SMILES string of the molecule is C.CNCc1ccccn1.CNCc1cccnc1.CNCc1ccncc1. The van der Waals surface area contributed by atoms with Crippen molar-refractivity contribution in [2.75, 3.05) is 21.1 Å². The second-order valence-electron chi connectivity index (χ2n) is 5.63. The molecule has 3 aromatic rings. The van der Waals surface area contributed by atoms with Gasteiger partial charge in [0.25, 0.3) is 0 Å². The molecule has 0 bridgehead atoms. The molecule has 3 aromatic heterocycles. The molecule has 6 nitrogen and oxygen atoms in total. The molecule has 0 spiro atoms. The molecule has 28 heavy (non-hydrogen) atoms. The molecular formula is C22H34N6. The minimum Gasteiger partial charge on any atom is -0.316 e. The van der Waals surface area contributed by atoms with E-state index in [0.717, 1.165) is 25.3 Å². The molecule has 0 aliphatic heterocycles. The Labute approximate surface area is 169 Å². The van der Waals surface area contributed by atoms with Gasteiger partial charge in [-0.05, 0) is 62.6 Å². The van der Waals surface area contributed by atoms with Crippen LogP contribution in [0.2, 0.25) is 0 Å². The Bertz CT molecular complexity index is 578. The maximum absolute atomic E-state index is 4.11. The first-order valence-corrected chi connectivity index (χ1v) is 8.91. The van der Waals surface area contributed by atoms with E-state index in [4.69, 9.17) is 0 Å². The van der Waals surface area contributed by atoms with Gasteiger partial charge in [-0.1, -0.05) is 19.6 Å². The summed E-state index contributed by atoms with van der Waals surface area (Å²) >= 11 is 0. The molecule has 3 rings (SSSR count). The number of nitrogens with zero attached hydrogens (tertiary/aromatic N) is 3. The van der Waals surface area contributed by atoms with E-state index in [2.05, 4.69) is 30.9 Å². The molecular weight excluding hydrogens is 348 g/mol. The van der Waals surface area contributed by atoms with Crippen LogP contribution in [0.25, 0.3) is 0 Å². The maximum Gasteiger partial charge on any atom is 0.0541 e. The van der Waals surface area contributed by atoms with E-state index >= 15 is 0 Å². The highest BCUT2D eigenvalue weighted by atomic mass is 14.8. The third kappa shape index (κ3) is 12.6. The largest absolute Gasteiger partial charge is 0.316 e. The van der Waals surface area contributed by atoms with Crippen molar-refractivity contribution in [3.05, 3.63) is 90.3 Å². The third-order valence-electron chi connectivity index (χ3n) is 3.32. The average molecular weight is 383 g/mol. The van der Waals surface area contributed by atoms with Gasteiger partial charge in [-0.2, -0.15) is 0 Å². The number of rotatable bonds is 6. The molecule has 0 unspecified atom stereocenters. The van der Waals surface area contributed by atoms with Crippen molar-refractivity contribution >= 4 is 0 Å². The van der Waals surface area contributed by atoms with Crippen molar-refractivity contribution in [2.45, 2.75) is 27.1 Å². The van der Waals surface area contributed by atoms with Gasteiger partial charge >= 0.3 is 0 Å². The first kappa shape index (κ1) is 25.3. The first-order chi connectivity index (χ1) is 13.3. The molecule has 0 fully saturated rings. The molecule has 0 saturated heterocycles. The predicted molar refractivity (Wildman–Crippen MR) is 118 cm³/mol. The van der Waals surface area contributed by atoms with Crippen LogP contribution < -0.4 is 16.0 Å². The van der Waals surface area contributed by atoms with Gasteiger partial charge in [0.15, 0.2) is 0 Å². The van der Waals surface area contributed by atoms with Gasteiger partial charge in [-0.15, -0.1) is 0 Å². The summed E-state index contributed by atoms with van der Waals surface area (Å²) in [6.45, 7) is 2.66. The molecule has 0 atom stereocenters. The monoisotopic (exact) mass is 382 g/mol. The van der Waals surface area contributed by atoms with E-state index in [0.29, 0.717) is 0 Å². The molecule has 0 saturated carbocycles. The number of hydrogen-bond donors (Lipinski definition) is 3. The zero-order valence-corrected chi connectivity index (χ0v) is 16.4. The molecule has 6 heteroatoms. The van der Waals surface area contributed by atoms with Crippen LogP contribution in [0, 0.1) is 0 Å². The summed E-state index contributed by atoms with van der Waals surface area (Å²) < 4.78 is 0. The molecule has 152 valence electrons. The lowest BCUT2D eigenvalue weighted by atomic mass is 10.3. The van der Waals surface area contributed by atoms with Crippen LogP contribution in [-0.2, 0) is 19.6 Å². The van der Waals surface area contributed by atoms with Gasteiger partial charge in [0.2, 0.25) is 0 Å². The zero-order chi connectivity index (χ0) is 19.6. The lowest BCUT2D eigenvalue weighted by molar-refractivity contribution is 0.791. The first-order valence-electron chi connectivity index (χ1n) is 8.91. The Morgan fingerprint density at radius 2 is 1.32 bits per heavy atom. The molecule has 0 aliphatic rings. The normalized spacial score (nSPS) is 9.11. The second-order valence-corrected chi connectivity index (χ2v) is 5.63. The van der Waals surface area contributed by atoms with Crippen molar-refractivity contribution in [1.29, 1.82) is 0 Å². The Morgan fingerprint density at radius 1 is 0.643 bits per heavy atom. The fourth-order valence-corrected chi connectivity index (χ4v) is 2.10. The smallest absolute Gasteiger partial charge is 0.0541 e. The third-order valence-corrected chi connectivity index (χ3v) is 3.32. The summed E-state index contributed by atoms with van der Waals surface area (Å²) in [5, 5.41) is 9.12. The molecule has 0 radical (unpaired) electrons. The van der Waals surface area contributed by atoms with Gasteiger partial charge in [0.1, 0.15) is 0 Å². The van der Waals surface area contributed by atoms with Crippen LogP contribution in [0.15, 0.2) is 73.4 Å². The van der Waals surface area contributed by atoms with E-state index in [-0.39, 0.29) is 7.43 Å². The number of pyridine rings is 3. The zero-order valence-electron chi connectivity index (χ0n) is 16.4. The predicted octanol–water partition coefficient (Wildman–Crippen LogP) is 3.04. The summed E-state index contributed by atoms with van der Waals surface area (Å²) in [6.07, 6.45) is 9.03. The summed E-state index contributed by atoms with van der Waals surface area (Å²) in [5.74, 6) is 0. The number of nitrogens with one attached hydrogen (secondary N) is 3. The lowest BCUT2D eigenvalue weighted by Crippen LogP contribution is -2.05. The average Bonchev–Trinajstić information content (AvgIpc) is 2.72. The van der Waals surface area contributed by atoms with E-state index in [1.54, 1.807) is 24.8 Å². The quantitative estimate of drug-likeness (QED) is 0.608. The highest BCUT2D eigenvalue weighted by Gasteiger charge is 1.86. The van der Waals surface area contributed by atoms with Crippen LogP contribution in [0.3, 0.4) is 0 Å². The molecule has 3 heterocycles. The van der Waals surface area contributed by atoms with E-state index in [1.165, 1.54) is 11.1 Å². The minimum absolute atomic E-state index is 0. The van der Waals surface area contributed by atoms with Crippen LogP contribution in [0.1, 0.15) is 24.2 Å². The number of hydrogen-bond acceptors (Lipinski definition) is 6. The fraction of sp³-hybridized carbons (Fsp3) is 0.318. The topological polar surface area (TPSA) is 74.8 Å². The van der Waals surface area contributed by atoms with Crippen molar-refractivity contribution < 1.29 is 0 Å². The molecule has 0 aromatic carbocycles. The lowest BCUT2D eigenvalue weighted by Gasteiger charge is -1.95. The number of aromatic nitrogens is 3. The summed E-state index contributed by atoms with van der Waals surface area (Å²) in [7, 11) is 5.77. The van der Waals surface area contributed by atoms with E-state index in [9.17, 15) is 0 Å². The van der Waals surface area contributed by atoms with Crippen molar-refractivity contribution in [3.63, 3.8) is 0 Å². The van der Waals surface area contributed by atoms with Gasteiger partial charge in [0, 0.05) is 50.6 Å². The molecule has 3 N–H and O–H groups in total. The molecule has 0 amide bonds. The van der Waals surface area contributed by atoms with Crippen molar-refractivity contribution in [2.24, 2.45) is 0 Å². The van der Waals surface area contributed by atoms with Crippen LogP contribution in [0.5, 0.6) is 0 Å². The Morgan fingerprint density at radius 3 is 1.86 bits per heavy atom. The summed E-state index contributed by atoms with van der Waals surface area (Å²) in [5.41, 5.74) is 3.58. The standard InChI is InChI=1S/3C7H10N2.CH4/c1-8-6-7-2-4-9-5-3-7;1-8-5-7-3-2-4-9-6-7;1-8-6-7-4-2-3-5-9-7;/h2-5,8H,6H2,1H3;2-4,6,8H,5H2,1H3;2-5,8H,6H2,1H3;1H4. The van der Waals surface area contributed by atoms with E-state index in [1.807, 2.05) is 69.8 Å². The van der Waals surface area contributed by atoms with Crippen LogP contribution in [0.4, 0.5) is 0 Å². The summed E-state index contributed by atoms with van der Waals surface area (Å²) in [6, 6.07) is 13.9. The van der Waals surface area contributed by atoms with E-state index < -0.39 is 0 Å². The second kappa shape index (κ2) is 17.7. The highest BCUT2D eigenvalue weighted by molar-refractivity contribution is 5.09. The van der Waals surface area contributed by atoms with Gasteiger partial charge in [-0.25, -0.2) is 0 Å². The Hall–Kier alpha value is -2.67.